The highest BCUT2D eigenvalue weighted by Gasteiger charge is 2.42. The van der Waals surface area contributed by atoms with Gasteiger partial charge in [0.1, 0.15) is 0 Å². The van der Waals surface area contributed by atoms with E-state index in [1.807, 2.05) is 0 Å². The summed E-state index contributed by atoms with van der Waals surface area (Å²) in [5, 5.41) is 0. The molecule has 0 aliphatic heterocycles. The fraction of sp³-hybridized carbons (Fsp3) is 0.266. The van der Waals surface area contributed by atoms with E-state index in [2.05, 4.69) is 294 Å². The second kappa shape index (κ2) is 29.0. The van der Waals surface area contributed by atoms with Gasteiger partial charge in [0, 0.05) is 39.5 Å². The van der Waals surface area contributed by atoms with E-state index in [-0.39, 0.29) is 5.41 Å². The molecule has 0 heterocycles. The first kappa shape index (κ1) is 57.7. The van der Waals surface area contributed by atoms with E-state index in [0.29, 0.717) is 0 Å². The molecule has 10 rings (SSSR count). The zero-order valence-electron chi connectivity index (χ0n) is 49.4. The maximum absolute atomic E-state index is 2.53. The van der Waals surface area contributed by atoms with Gasteiger partial charge in [0.2, 0.25) is 0 Å². The fourth-order valence-electron chi connectivity index (χ4n) is 12.1. The molecule has 0 bridgehead atoms. The molecule has 1 aliphatic rings. The summed E-state index contributed by atoms with van der Waals surface area (Å²) < 4.78 is 0. The predicted octanol–water partition coefficient (Wildman–Crippen LogP) is 23.7. The molecule has 9 aromatic rings. The van der Waals surface area contributed by atoms with Crippen LogP contribution in [0, 0.1) is 27.7 Å². The van der Waals surface area contributed by atoms with Crippen molar-refractivity contribution < 1.29 is 0 Å². The molecule has 0 N–H and O–H groups in total. The van der Waals surface area contributed by atoms with Crippen molar-refractivity contribution in [1.29, 1.82) is 0 Å². The topological polar surface area (TPSA) is 6.48 Å². The minimum atomic E-state index is 0.234. The Morgan fingerprint density at radius 1 is 0.309 bits per heavy atom. The standard InChI is InChI=1S/C48H40N2.C31H46/c1-37-35-42(30-24-40-27-33-48(34-28-40)50(45-19-11-5-12-20-45)46-21-13-6-14-22-46)38(2)36-41(37)29-23-39-25-31-47(32-26-39)49(43-15-7-3-8-16-43)44-17-9-4-10-18-44;1-5-7-9-11-13-15-21-31(22-16-14-12-10-8-6-2)29-23-25(3)17-19-27(29)28-20-18-26(4)24-30(28)31/h3-36H,1-2H3;17-20,23-24H,5-16,21-22H2,1-4H3/b29-23+,30-24+;. The van der Waals surface area contributed by atoms with Crippen molar-refractivity contribution in [3.63, 3.8) is 0 Å². The molecule has 9 aromatic carbocycles. The van der Waals surface area contributed by atoms with Crippen LogP contribution in [-0.4, -0.2) is 0 Å². The van der Waals surface area contributed by atoms with Crippen LogP contribution in [0.4, 0.5) is 34.1 Å². The third-order valence-corrected chi connectivity index (χ3v) is 16.5. The Labute approximate surface area is 487 Å². The molecule has 1 aliphatic carbocycles. The highest BCUT2D eigenvalue weighted by Crippen LogP contribution is 2.55. The van der Waals surface area contributed by atoms with E-state index in [4.69, 9.17) is 0 Å². The second-order valence-electron chi connectivity index (χ2n) is 22.6. The zero-order valence-corrected chi connectivity index (χ0v) is 49.4. The quantitative estimate of drug-likeness (QED) is 0.0440. The summed E-state index contributed by atoms with van der Waals surface area (Å²) in [6.07, 6.45) is 28.1. The van der Waals surface area contributed by atoms with Crippen molar-refractivity contribution in [2.24, 2.45) is 0 Å². The molecule has 0 spiro atoms. The molecule has 2 nitrogen and oxygen atoms in total. The third-order valence-electron chi connectivity index (χ3n) is 16.5. The number of aryl methyl sites for hydroxylation is 4. The van der Waals surface area contributed by atoms with Crippen molar-refractivity contribution in [3.05, 3.63) is 274 Å². The number of anilines is 6. The number of fused-ring (bicyclic) bond motifs is 3. The third kappa shape index (κ3) is 14.9. The Morgan fingerprint density at radius 3 is 0.951 bits per heavy atom. The van der Waals surface area contributed by atoms with E-state index in [0.717, 1.165) is 45.3 Å². The van der Waals surface area contributed by atoms with Crippen LogP contribution in [0.2, 0.25) is 0 Å². The molecule has 0 saturated heterocycles. The van der Waals surface area contributed by atoms with E-state index in [1.165, 1.54) is 134 Å². The van der Waals surface area contributed by atoms with Gasteiger partial charge in [-0.05, 0) is 169 Å². The lowest BCUT2D eigenvalue weighted by Gasteiger charge is -2.33. The second-order valence-corrected chi connectivity index (χ2v) is 22.6. The minimum absolute atomic E-state index is 0.234. The van der Waals surface area contributed by atoms with Gasteiger partial charge >= 0.3 is 0 Å². The molecule has 0 amide bonds. The van der Waals surface area contributed by atoms with Crippen molar-refractivity contribution in [2.45, 2.75) is 137 Å². The average molecular weight is 1060 g/mol. The first-order chi connectivity index (χ1) is 39.7. The number of hydrogen-bond acceptors (Lipinski definition) is 2. The Morgan fingerprint density at radius 2 is 0.617 bits per heavy atom. The predicted molar refractivity (Wildman–Crippen MR) is 354 cm³/mol. The molecule has 0 fully saturated rings. The molecule has 0 unspecified atom stereocenters. The van der Waals surface area contributed by atoms with Crippen LogP contribution in [0.25, 0.3) is 35.4 Å². The first-order valence-electron chi connectivity index (χ1n) is 30.5. The number of benzene rings is 9. The van der Waals surface area contributed by atoms with Gasteiger partial charge in [-0.25, -0.2) is 0 Å². The average Bonchev–Trinajstić information content (AvgIpc) is 3.80. The number of unbranched alkanes of at least 4 members (excludes halogenated alkanes) is 10. The number of para-hydroxylation sites is 4. The Hall–Kier alpha value is -7.94. The lowest BCUT2D eigenvalue weighted by molar-refractivity contribution is 0.397. The number of rotatable bonds is 24. The molecule has 81 heavy (non-hydrogen) atoms. The molecule has 0 saturated carbocycles. The van der Waals surface area contributed by atoms with Crippen molar-refractivity contribution in [3.8, 4) is 11.1 Å². The Balaban J connectivity index is 0.000000220. The molecule has 0 radical (unpaired) electrons. The normalized spacial score (nSPS) is 12.3. The van der Waals surface area contributed by atoms with Crippen LogP contribution < -0.4 is 9.80 Å². The maximum atomic E-state index is 2.53. The molecular weight excluding hydrogens is 977 g/mol. The van der Waals surface area contributed by atoms with Crippen molar-refractivity contribution in [2.75, 3.05) is 9.80 Å². The number of hydrogen-bond donors (Lipinski definition) is 0. The summed E-state index contributed by atoms with van der Waals surface area (Å²) in [6.45, 7) is 13.5. The van der Waals surface area contributed by atoms with Gasteiger partial charge in [-0.2, -0.15) is 0 Å². The van der Waals surface area contributed by atoms with Gasteiger partial charge in [-0.3, -0.25) is 0 Å². The van der Waals surface area contributed by atoms with Gasteiger partial charge in [-0.1, -0.05) is 272 Å². The Kier molecular flexibility index (Phi) is 20.7. The van der Waals surface area contributed by atoms with Crippen LogP contribution in [0.1, 0.15) is 159 Å². The van der Waals surface area contributed by atoms with Crippen LogP contribution >= 0.6 is 0 Å². The molecule has 0 aromatic heterocycles. The van der Waals surface area contributed by atoms with Crippen molar-refractivity contribution in [1.82, 2.24) is 0 Å². The largest absolute Gasteiger partial charge is 0.311 e. The maximum Gasteiger partial charge on any atom is 0.0462 e. The smallest absolute Gasteiger partial charge is 0.0462 e. The molecule has 412 valence electrons. The van der Waals surface area contributed by atoms with E-state index < -0.39 is 0 Å². The zero-order chi connectivity index (χ0) is 56.2. The van der Waals surface area contributed by atoms with E-state index >= 15 is 0 Å². The highest BCUT2D eigenvalue weighted by atomic mass is 15.1. The van der Waals surface area contributed by atoms with E-state index in [9.17, 15) is 0 Å². The summed E-state index contributed by atoms with van der Waals surface area (Å²) in [5.74, 6) is 0. The summed E-state index contributed by atoms with van der Waals surface area (Å²) in [6, 6.07) is 78.6. The lowest BCUT2D eigenvalue weighted by atomic mass is 9.70. The number of nitrogens with zero attached hydrogens (tertiary/aromatic N) is 2. The van der Waals surface area contributed by atoms with Crippen LogP contribution in [0.3, 0.4) is 0 Å². The van der Waals surface area contributed by atoms with Gasteiger partial charge in [0.25, 0.3) is 0 Å². The summed E-state index contributed by atoms with van der Waals surface area (Å²) in [4.78, 5) is 4.57. The minimum Gasteiger partial charge on any atom is -0.311 e. The van der Waals surface area contributed by atoms with Gasteiger partial charge in [-0.15, -0.1) is 0 Å². The fourth-order valence-corrected chi connectivity index (χ4v) is 12.1. The lowest BCUT2D eigenvalue weighted by Crippen LogP contribution is -2.25. The first-order valence-corrected chi connectivity index (χ1v) is 30.5. The molecular formula is C79H86N2. The van der Waals surface area contributed by atoms with Gasteiger partial charge < -0.3 is 9.80 Å². The highest BCUT2D eigenvalue weighted by molar-refractivity contribution is 5.83. The summed E-state index contributed by atoms with van der Waals surface area (Å²) in [7, 11) is 0. The SMILES string of the molecule is CCCCCCCCC1(CCCCCCCC)c2cc(C)ccc2-c2ccc(C)cc21.Cc1cc(/C=C/c2ccc(N(c3ccccc3)c3ccccc3)cc2)c(C)cc1/C=C/c1ccc(N(c2ccccc2)c2ccccc2)cc1. The van der Waals surface area contributed by atoms with E-state index in [1.54, 1.807) is 11.1 Å². The van der Waals surface area contributed by atoms with Gasteiger partial charge in [0.15, 0.2) is 0 Å². The van der Waals surface area contributed by atoms with Crippen LogP contribution in [0.15, 0.2) is 218 Å². The molecule has 2 heteroatoms. The summed E-state index contributed by atoms with van der Waals surface area (Å²) >= 11 is 0. The van der Waals surface area contributed by atoms with Crippen molar-refractivity contribution >= 4 is 58.4 Å². The summed E-state index contributed by atoms with van der Waals surface area (Å²) in [5.41, 5.74) is 23.4. The molecule has 0 atom stereocenters. The van der Waals surface area contributed by atoms with Crippen LogP contribution in [0.5, 0.6) is 0 Å². The Bertz CT molecular complexity index is 3100. The van der Waals surface area contributed by atoms with Gasteiger partial charge in [0.05, 0.1) is 0 Å². The monoisotopic (exact) mass is 1060 g/mol. The van der Waals surface area contributed by atoms with Crippen LogP contribution in [-0.2, 0) is 5.41 Å².